The molecule has 17 heavy (non-hydrogen) atoms. The van der Waals surface area contributed by atoms with Crippen LogP contribution in [-0.4, -0.2) is 17.0 Å². The van der Waals surface area contributed by atoms with E-state index in [0.717, 1.165) is 22.8 Å². The van der Waals surface area contributed by atoms with E-state index in [0.29, 0.717) is 5.02 Å². The van der Waals surface area contributed by atoms with Crippen molar-refractivity contribution in [2.24, 2.45) is 0 Å². The molecule has 0 spiro atoms. The molecule has 0 aromatic carbocycles. The smallest absolute Gasteiger partial charge is 0.0897 e. The molecule has 0 amide bonds. The van der Waals surface area contributed by atoms with Crippen molar-refractivity contribution >= 4 is 22.9 Å². The molecule has 1 atom stereocenters. The monoisotopic (exact) mass is 267 g/mol. The Morgan fingerprint density at radius 2 is 2.29 bits per heavy atom. The van der Waals surface area contributed by atoms with Crippen molar-refractivity contribution in [3.8, 4) is 0 Å². The Balaban J connectivity index is 2.13. The second-order valence-corrected chi connectivity index (χ2v) is 5.30. The van der Waals surface area contributed by atoms with Crippen molar-refractivity contribution in [3.63, 3.8) is 0 Å². The molecular formula is C12H14ClN3S. The molecule has 90 valence electrons. The van der Waals surface area contributed by atoms with E-state index in [9.17, 15) is 0 Å². The van der Waals surface area contributed by atoms with E-state index in [1.54, 1.807) is 17.5 Å². The molecule has 0 bridgehead atoms. The van der Waals surface area contributed by atoms with Crippen LogP contribution in [0.2, 0.25) is 5.02 Å². The molecule has 2 rings (SSSR count). The lowest BCUT2D eigenvalue weighted by molar-refractivity contribution is 0.570. The first kappa shape index (κ1) is 12.5. The van der Waals surface area contributed by atoms with Gasteiger partial charge in [-0.25, -0.2) is 4.98 Å². The molecule has 0 aliphatic rings. The summed E-state index contributed by atoms with van der Waals surface area (Å²) in [7, 11) is 1.93. The van der Waals surface area contributed by atoms with Gasteiger partial charge in [0.2, 0.25) is 0 Å². The van der Waals surface area contributed by atoms with Gasteiger partial charge in [-0.15, -0.1) is 11.3 Å². The fraction of sp³-hybridized carbons (Fsp3) is 0.333. The second-order valence-electron chi connectivity index (χ2n) is 3.80. The molecule has 0 saturated heterocycles. The molecule has 2 aromatic heterocycles. The molecular weight excluding hydrogens is 254 g/mol. The van der Waals surface area contributed by atoms with E-state index in [1.807, 2.05) is 26.1 Å². The maximum atomic E-state index is 5.83. The highest BCUT2D eigenvalue weighted by Gasteiger charge is 2.13. The van der Waals surface area contributed by atoms with Crippen molar-refractivity contribution in [2.45, 2.75) is 19.4 Å². The molecule has 0 fully saturated rings. The highest BCUT2D eigenvalue weighted by Crippen LogP contribution is 2.19. The van der Waals surface area contributed by atoms with Gasteiger partial charge in [-0.05, 0) is 26.1 Å². The largest absolute Gasteiger partial charge is 0.311 e. The highest BCUT2D eigenvalue weighted by atomic mass is 35.5. The van der Waals surface area contributed by atoms with Crippen LogP contribution in [0.4, 0.5) is 0 Å². The minimum atomic E-state index is 0.175. The Morgan fingerprint density at radius 3 is 2.82 bits per heavy atom. The van der Waals surface area contributed by atoms with E-state index in [4.69, 9.17) is 11.6 Å². The third-order valence-corrected chi connectivity index (χ3v) is 3.58. The van der Waals surface area contributed by atoms with Crippen LogP contribution >= 0.6 is 22.9 Å². The van der Waals surface area contributed by atoms with Crippen LogP contribution < -0.4 is 5.32 Å². The molecule has 0 radical (unpaired) electrons. The number of nitrogens with zero attached hydrogens (tertiary/aromatic N) is 2. The van der Waals surface area contributed by atoms with E-state index in [2.05, 4.69) is 20.7 Å². The molecule has 0 aliphatic heterocycles. The lowest BCUT2D eigenvalue weighted by atomic mass is 10.1. The van der Waals surface area contributed by atoms with Crippen molar-refractivity contribution in [1.29, 1.82) is 0 Å². The fourth-order valence-electron chi connectivity index (χ4n) is 1.66. The summed E-state index contributed by atoms with van der Waals surface area (Å²) >= 11 is 7.50. The summed E-state index contributed by atoms with van der Waals surface area (Å²) < 4.78 is 0. The van der Waals surface area contributed by atoms with E-state index in [-0.39, 0.29) is 6.04 Å². The summed E-state index contributed by atoms with van der Waals surface area (Å²) in [6.45, 7) is 2.02. The van der Waals surface area contributed by atoms with Gasteiger partial charge in [0.1, 0.15) is 0 Å². The normalized spacial score (nSPS) is 12.6. The van der Waals surface area contributed by atoms with Crippen LogP contribution in [0.1, 0.15) is 22.4 Å². The van der Waals surface area contributed by atoms with Gasteiger partial charge in [0.05, 0.1) is 27.5 Å². The number of pyridine rings is 1. The summed E-state index contributed by atoms with van der Waals surface area (Å²) in [5.74, 6) is 0. The highest BCUT2D eigenvalue weighted by molar-refractivity contribution is 7.09. The SMILES string of the molecule is CNC(Cc1csc(C)n1)c1ccc(Cl)cn1. The van der Waals surface area contributed by atoms with Gasteiger partial charge in [-0.1, -0.05) is 11.6 Å². The van der Waals surface area contributed by atoms with E-state index >= 15 is 0 Å². The third kappa shape index (κ3) is 3.25. The lowest BCUT2D eigenvalue weighted by Gasteiger charge is -2.14. The number of hydrogen-bond donors (Lipinski definition) is 1. The Labute approximate surface area is 110 Å². The minimum absolute atomic E-state index is 0.175. The predicted molar refractivity (Wildman–Crippen MR) is 71.6 cm³/mol. The quantitative estimate of drug-likeness (QED) is 0.925. The molecule has 0 saturated carbocycles. The molecule has 2 aromatic rings. The van der Waals surface area contributed by atoms with Gasteiger partial charge in [0.15, 0.2) is 0 Å². The Bertz CT molecular complexity index is 481. The standard InChI is InChI=1S/C12H14ClN3S/c1-8-16-10(7-17-8)5-12(14-2)11-4-3-9(13)6-15-11/h3-4,6-7,12,14H,5H2,1-2H3. The lowest BCUT2D eigenvalue weighted by Crippen LogP contribution is -2.20. The van der Waals surface area contributed by atoms with E-state index < -0.39 is 0 Å². The van der Waals surface area contributed by atoms with E-state index in [1.165, 1.54) is 0 Å². The number of likely N-dealkylation sites (N-methyl/N-ethyl adjacent to an activating group) is 1. The maximum Gasteiger partial charge on any atom is 0.0897 e. The number of aryl methyl sites for hydroxylation is 1. The van der Waals surface area contributed by atoms with Crippen molar-refractivity contribution in [2.75, 3.05) is 7.05 Å². The average Bonchev–Trinajstić information content (AvgIpc) is 2.73. The zero-order chi connectivity index (χ0) is 12.3. The summed E-state index contributed by atoms with van der Waals surface area (Å²) in [5.41, 5.74) is 2.09. The Hall–Kier alpha value is -0.970. The van der Waals surface area contributed by atoms with Crippen molar-refractivity contribution in [3.05, 3.63) is 45.1 Å². The molecule has 1 N–H and O–H groups in total. The van der Waals surface area contributed by atoms with Crippen LogP contribution in [0.15, 0.2) is 23.7 Å². The first-order chi connectivity index (χ1) is 8.19. The summed E-state index contributed by atoms with van der Waals surface area (Å²) in [4.78, 5) is 8.80. The molecule has 0 aliphatic carbocycles. The van der Waals surface area contributed by atoms with Gasteiger partial charge in [-0.3, -0.25) is 4.98 Å². The number of halogens is 1. The molecule has 3 nitrogen and oxygen atoms in total. The number of aromatic nitrogens is 2. The van der Waals surface area contributed by atoms with Gasteiger partial charge in [0.25, 0.3) is 0 Å². The molecule has 2 heterocycles. The third-order valence-electron chi connectivity index (χ3n) is 2.54. The maximum absolute atomic E-state index is 5.83. The van der Waals surface area contributed by atoms with Crippen LogP contribution in [0, 0.1) is 6.92 Å². The van der Waals surface area contributed by atoms with Gasteiger partial charge in [0, 0.05) is 18.0 Å². The summed E-state index contributed by atoms with van der Waals surface area (Å²) in [6, 6.07) is 3.98. The summed E-state index contributed by atoms with van der Waals surface area (Å²) in [6.07, 6.45) is 2.52. The zero-order valence-electron chi connectivity index (χ0n) is 9.77. The van der Waals surface area contributed by atoms with Crippen molar-refractivity contribution < 1.29 is 0 Å². The Morgan fingerprint density at radius 1 is 1.47 bits per heavy atom. The number of rotatable bonds is 4. The zero-order valence-corrected chi connectivity index (χ0v) is 11.3. The number of nitrogens with one attached hydrogen (secondary N) is 1. The predicted octanol–water partition coefficient (Wildman–Crippen LogP) is 3.00. The summed E-state index contributed by atoms with van der Waals surface area (Å²) in [5, 5.41) is 7.10. The Kier molecular flexibility index (Phi) is 4.10. The first-order valence-electron chi connectivity index (χ1n) is 5.39. The number of thiazole rings is 1. The van der Waals surface area contributed by atoms with Crippen LogP contribution in [0.3, 0.4) is 0 Å². The molecule has 5 heteroatoms. The number of hydrogen-bond acceptors (Lipinski definition) is 4. The average molecular weight is 268 g/mol. The van der Waals surface area contributed by atoms with Crippen LogP contribution in [0.25, 0.3) is 0 Å². The van der Waals surface area contributed by atoms with Crippen LogP contribution in [0.5, 0.6) is 0 Å². The topological polar surface area (TPSA) is 37.8 Å². The fourth-order valence-corrected chi connectivity index (χ4v) is 2.40. The molecule has 1 unspecified atom stereocenters. The van der Waals surface area contributed by atoms with Crippen molar-refractivity contribution in [1.82, 2.24) is 15.3 Å². The van der Waals surface area contributed by atoms with Gasteiger partial charge in [-0.2, -0.15) is 0 Å². The first-order valence-corrected chi connectivity index (χ1v) is 6.64. The van der Waals surface area contributed by atoms with Gasteiger partial charge < -0.3 is 5.32 Å². The second kappa shape index (κ2) is 5.58. The van der Waals surface area contributed by atoms with Gasteiger partial charge >= 0.3 is 0 Å². The van der Waals surface area contributed by atoms with Crippen LogP contribution in [-0.2, 0) is 6.42 Å². The minimum Gasteiger partial charge on any atom is -0.311 e.